The first-order valence-electron chi connectivity index (χ1n) is 4.01. The van der Waals surface area contributed by atoms with Crippen molar-refractivity contribution < 1.29 is 8.42 Å². The Kier molecular flexibility index (Phi) is 2.32. The zero-order chi connectivity index (χ0) is 10.2. The summed E-state index contributed by atoms with van der Waals surface area (Å²) in [5.41, 5.74) is 0. The minimum atomic E-state index is -2.80. The van der Waals surface area contributed by atoms with Crippen LogP contribution in [-0.2, 0) is 9.84 Å². The molecule has 1 N–H and O–H groups in total. The summed E-state index contributed by atoms with van der Waals surface area (Å²) >= 11 is 5.57. The Morgan fingerprint density at radius 2 is 2.21 bits per heavy atom. The number of sulfone groups is 1. The van der Waals surface area contributed by atoms with E-state index in [4.69, 9.17) is 11.6 Å². The third kappa shape index (κ3) is 2.13. The zero-order valence-electron chi connectivity index (χ0n) is 7.14. The lowest BCUT2D eigenvalue weighted by molar-refractivity contribution is 0.570. The van der Waals surface area contributed by atoms with Crippen molar-refractivity contribution in [3.05, 3.63) is 17.5 Å². The van der Waals surface area contributed by atoms with Crippen molar-refractivity contribution in [1.29, 1.82) is 0 Å². The molecule has 0 saturated carbocycles. The second-order valence-corrected chi connectivity index (χ2v) is 5.62. The second-order valence-electron chi connectivity index (χ2n) is 3.13. The fraction of sp³-hybridized carbons (Fsp3) is 0.429. The van der Waals surface area contributed by atoms with E-state index in [-0.39, 0.29) is 22.8 Å². The zero-order valence-corrected chi connectivity index (χ0v) is 8.72. The van der Waals surface area contributed by atoms with Crippen molar-refractivity contribution in [2.45, 2.75) is 6.04 Å². The third-order valence-corrected chi connectivity index (χ3v) is 3.89. The molecule has 5 nitrogen and oxygen atoms in total. The summed E-state index contributed by atoms with van der Waals surface area (Å²) in [6, 6.07) is 1.60. The molecule has 76 valence electrons. The normalized spacial score (nSPS) is 20.1. The Hall–Kier alpha value is -0.880. The lowest BCUT2D eigenvalue weighted by Crippen LogP contribution is -2.46. The van der Waals surface area contributed by atoms with E-state index in [0.29, 0.717) is 5.82 Å². The molecule has 0 aliphatic carbocycles. The minimum Gasteiger partial charge on any atom is -0.365 e. The monoisotopic (exact) mass is 233 g/mol. The summed E-state index contributed by atoms with van der Waals surface area (Å²) in [7, 11) is -2.80. The van der Waals surface area contributed by atoms with Crippen LogP contribution in [0.25, 0.3) is 0 Å². The Morgan fingerprint density at radius 3 is 2.79 bits per heavy atom. The van der Waals surface area contributed by atoms with Gasteiger partial charge in [0, 0.05) is 6.20 Å². The highest BCUT2D eigenvalue weighted by Gasteiger charge is 2.33. The average molecular weight is 234 g/mol. The first kappa shape index (κ1) is 9.67. The van der Waals surface area contributed by atoms with E-state index in [1.54, 1.807) is 6.07 Å². The van der Waals surface area contributed by atoms with Gasteiger partial charge in [-0.2, -0.15) is 0 Å². The van der Waals surface area contributed by atoms with Crippen LogP contribution in [0, 0.1) is 0 Å². The number of hydrogen-bond donors (Lipinski definition) is 1. The van der Waals surface area contributed by atoms with Gasteiger partial charge in [0.1, 0.15) is 5.82 Å². The predicted molar refractivity (Wildman–Crippen MR) is 53.1 cm³/mol. The number of halogens is 1. The van der Waals surface area contributed by atoms with E-state index >= 15 is 0 Å². The first-order chi connectivity index (χ1) is 6.55. The molecule has 0 atom stereocenters. The summed E-state index contributed by atoms with van der Waals surface area (Å²) < 4.78 is 21.7. The maximum atomic E-state index is 10.9. The van der Waals surface area contributed by atoms with Crippen molar-refractivity contribution >= 4 is 27.3 Å². The van der Waals surface area contributed by atoms with E-state index in [0.717, 1.165) is 0 Å². The third-order valence-electron chi connectivity index (χ3n) is 1.89. The summed E-state index contributed by atoms with van der Waals surface area (Å²) in [6.07, 6.45) is 1.52. The Balaban J connectivity index is 2.00. The van der Waals surface area contributed by atoms with Gasteiger partial charge in [-0.3, -0.25) is 0 Å². The molecular weight excluding hydrogens is 226 g/mol. The number of hydrogen-bond acceptors (Lipinski definition) is 5. The molecule has 0 bridgehead atoms. The lowest BCUT2D eigenvalue weighted by Gasteiger charge is -2.26. The molecular formula is C7H8ClN3O2S. The molecule has 1 aliphatic heterocycles. The van der Waals surface area contributed by atoms with Gasteiger partial charge in [-0.15, -0.1) is 0 Å². The molecule has 1 saturated heterocycles. The molecule has 0 radical (unpaired) electrons. The van der Waals surface area contributed by atoms with Crippen molar-refractivity contribution in [2.24, 2.45) is 0 Å². The smallest absolute Gasteiger partial charge is 0.224 e. The van der Waals surface area contributed by atoms with Crippen LogP contribution in [0.1, 0.15) is 0 Å². The van der Waals surface area contributed by atoms with E-state index in [9.17, 15) is 8.42 Å². The molecule has 14 heavy (non-hydrogen) atoms. The number of nitrogens with zero attached hydrogens (tertiary/aromatic N) is 2. The quantitative estimate of drug-likeness (QED) is 0.746. The molecule has 2 rings (SSSR count). The van der Waals surface area contributed by atoms with Crippen molar-refractivity contribution in [3.63, 3.8) is 0 Å². The molecule has 1 aliphatic rings. The van der Waals surface area contributed by atoms with E-state index in [2.05, 4.69) is 15.3 Å². The standard InChI is InChI=1S/C7H8ClN3O2S/c8-7-9-2-1-6(11-7)10-5-3-14(12,13)4-5/h1-2,5H,3-4H2,(H,9,10,11). The molecule has 1 aromatic heterocycles. The summed E-state index contributed by atoms with van der Waals surface area (Å²) in [4.78, 5) is 7.61. The van der Waals surface area contributed by atoms with Gasteiger partial charge in [-0.25, -0.2) is 18.4 Å². The first-order valence-corrected chi connectivity index (χ1v) is 6.21. The van der Waals surface area contributed by atoms with Crippen LogP contribution in [0.5, 0.6) is 0 Å². The number of anilines is 1. The number of rotatable bonds is 2. The number of aromatic nitrogens is 2. The van der Waals surface area contributed by atoms with Crippen molar-refractivity contribution in [1.82, 2.24) is 9.97 Å². The van der Waals surface area contributed by atoms with Crippen LogP contribution < -0.4 is 5.32 Å². The molecule has 7 heteroatoms. The van der Waals surface area contributed by atoms with Gasteiger partial charge in [-0.1, -0.05) is 0 Å². The predicted octanol–water partition coefficient (Wildman–Crippen LogP) is 0.339. The average Bonchev–Trinajstić information content (AvgIpc) is 2.00. The summed E-state index contributed by atoms with van der Waals surface area (Å²) in [5.74, 6) is 0.883. The van der Waals surface area contributed by atoms with E-state index in [1.165, 1.54) is 6.20 Å². The van der Waals surface area contributed by atoms with Crippen LogP contribution in [0.15, 0.2) is 12.3 Å². The number of nitrogens with one attached hydrogen (secondary N) is 1. The maximum Gasteiger partial charge on any atom is 0.224 e. The van der Waals surface area contributed by atoms with Gasteiger partial charge in [-0.05, 0) is 17.7 Å². The van der Waals surface area contributed by atoms with Gasteiger partial charge >= 0.3 is 0 Å². The highest BCUT2D eigenvalue weighted by molar-refractivity contribution is 7.92. The van der Waals surface area contributed by atoms with Gasteiger partial charge in [0.2, 0.25) is 5.28 Å². The van der Waals surface area contributed by atoms with Gasteiger partial charge < -0.3 is 5.32 Å². The van der Waals surface area contributed by atoms with Gasteiger partial charge in [0.15, 0.2) is 9.84 Å². The second kappa shape index (κ2) is 3.36. The maximum absolute atomic E-state index is 10.9. The molecule has 0 unspecified atom stereocenters. The summed E-state index contributed by atoms with van der Waals surface area (Å²) in [5, 5.41) is 3.11. The van der Waals surface area contributed by atoms with Crippen LogP contribution in [-0.4, -0.2) is 35.9 Å². The molecule has 0 aromatic carbocycles. The van der Waals surface area contributed by atoms with Gasteiger partial charge in [0.25, 0.3) is 0 Å². The fourth-order valence-electron chi connectivity index (χ4n) is 1.27. The van der Waals surface area contributed by atoms with Crippen molar-refractivity contribution in [2.75, 3.05) is 16.8 Å². The lowest BCUT2D eigenvalue weighted by atomic mass is 10.3. The minimum absolute atomic E-state index is 0.0500. The summed E-state index contributed by atoms with van der Waals surface area (Å²) in [6.45, 7) is 0. The fourth-order valence-corrected chi connectivity index (χ4v) is 2.71. The Bertz CT molecular complexity index is 436. The topological polar surface area (TPSA) is 72.0 Å². The molecule has 2 heterocycles. The van der Waals surface area contributed by atoms with Crippen LogP contribution in [0.2, 0.25) is 5.28 Å². The van der Waals surface area contributed by atoms with Gasteiger partial charge in [0.05, 0.1) is 17.5 Å². The van der Waals surface area contributed by atoms with Crippen LogP contribution >= 0.6 is 11.6 Å². The van der Waals surface area contributed by atoms with E-state index in [1.807, 2.05) is 0 Å². The molecule has 0 spiro atoms. The van der Waals surface area contributed by atoms with Crippen LogP contribution in [0.3, 0.4) is 0 Å². The highest BCUT2D eigenvalue weighted by Crippen LogP contribution is 2.16. The Morgan fingerprint density at radius 1 is 1.50 bits per heavy atom. The molecule has 1 fully saturated rings. The highest BCUT2D eigenvalue weighted by atomic mass is 35.5. The Labute approximate surface area is 86.4 Å². The van der Waals surface area contributed by atoms with Crippen molar-refractivity contribution in [3.8, 4) is 0 Å². The van der Waals surface area contributed by atoms with Crippen LogP contribution in [0.4, 0.5) is 5.82 Å². The molecule has 1 aromatic rings. The largest absolute Gasteiger partial charge is 0.365 e. The molecule has 0 amide bonds. The SMILES string of the molecule is O=S1(=O)CC(Nc2ccnc(Cl)n2)C1. The van der Waals surface area contributed by atoms with E-state index < -0.39 is 9.84 Å².